The number of hydrogen-bond donors (Lipinski definition) is 2. The Kier molecular flexibility index (Phi) is 5.65. The molecule has 0 aliphatic rings. The molecule has 2 N–H and O–H groups in total. The van der Waals surface area contributed by atoms with Gasteiger partial charge >= 0.3 is 6.09 Å². The number of nitro groups is 1. The summed E-state index contributed by atoms with van der Waals surface area (Å²) in [6, 6.07) is 13.0. The van der Waals surface area contributed by atoms with Crippen LogP contribution in [0.1, 0.15) is 16.7 Å². The fourth-order valence-electron chi connectivity index (χ4n) is 1.93. The van der Waals surface area contributed by atoms with Crippen molar-refractivity contribution in [2.45, 2.75) is 19.8 Å². The number of amides is 1. The molecular formula is C16H16N2O5. The third kappa shape index (κ3) is 5.08. The first-order valence-electron chi connectivity index (χ1n) is 6.91. The first-order chi connectivity index (χ1) is 11.1. The fourth-order valence-corrected chi connectivity index (χ4v) is 1.93. The van der Waals surface area contributed by atoms with E-state index in [2.05, 4.69) is 5.32 Å². The highest BCUT2D eigenvalue weighted by molar-refractivity contribution is 5.67. The van der Waals surface area contributed by atoms with Gasteiger partial charge in [0.1, 0.15) is 6.61 Å². The number of non-ortho nitro benzene ring substituents is 1. The average Bonchev–Trinajstić information content (AvgIpc) is 2.58. The van der Waals surface area contributed by atoms with Gasteiger partial charge in [-0.1, -0.05) is 24.3 Å². The Morgan fingerprint density at radius 3 is 2.48 bits per heavy atom. The normalized spacial score (nSPS) is 10.1. The summed E-state index contributed by atoms with van der Waals surface area (Å²) in [5.74, 6) is 0. The van der Waals surface area contributed by atoms with Gasteiger partial charge in [0.05, 0.1) is 11.5 Å². The van der Waals surface area contributed by atoms with Crippen LogP contribution in [0.15, 0.2) is 48.5 Å². The van der Waals surface area contributed by atoms with Crippen LogP contribution >= 0.6 is 0 Å². The van der Waals surface area contributed by atoms with Gasteiger partial charge in [0, 0.05) is 18.7 Å². The third-order valence-corrected chi connectivity index (χ3v) is 3.13. The van der Waals surface area contributed by atoms with Crippen LogP contribution in [0.25, 0.3) is 0 Å². The Labute approximate surface area is 132 Å². The molecule has 2 aromatic carbocycles. The van der Waals surface area contributed by atoms with Crippen molar-refractivity contribution in [3.63, 3.8) is 0 Å². The molecule has 0 fully saturated rings. The van der Waals surface area contributed by atoms with Crippen molar-refractivity contribution in [3.05, 3.63) is 75.3 Å². The summed E-state index contributed by atoms with van der Waals surface area (Å²) in [6.45, 7) is 0.256. The van der Waals surface area contributed by atoms with Crippen molar-refractivity contribution in [1.29, 1.82) is 0 Å². The topological polar surface area (TPSA) is 102 Å². The highest BCUT2D eigenvalue weighted by Gasteiger charge is 2.06. The molecule has 120 valence electrons. The van der Waals surface area contributed by atoms with Gasteiger partial charge in [-0.3, -0.25) is 10.1 Å². The maximum atomic E-state index is 11.6. The molecular weight excluding hydrogens is 300 g/mol. The molecule has 0 heterocycles. The second kappa shape index (κ2) is 7.90. The molecule has 0 aliphatic heterocycles. The fraction of sp³-hybridized carbons (Fsp3) is 0.188. The van der Waals surface area contributed by atoms with Gasteiger partial charge in [0.2, 0.25) is 0 Å². The maximum absolute atomic E-state index is 11.6. The van der Waals surface area contributed by atoms with E-state index in [1.807, 2.05) is 6.07 Å². The minimum absolute atomic E-state index is 0.0121. The molecule has 0 radical (unpaired) electrons. The van der Waals surface area contributed by atoms with E-state index in [4.69, 9.17) is 9.84 Å². The number of nitro benzene ring substituents is 1. The molecule has 0 unspecified atom stereocenters. The number of aliphatic hydroxyl groups excluding tert-OH is 1. The van der Waals surface area contributed by atoms with E-state index < -0.39 is 11.0 Å². The average molecular weight is 316 g/mol. The van der Waals surface area contributed by atoms with Gasteiger partial charge in [-0.05, 0) is 28.8 Å². The predicted molar refractivity (Wildman–Crippen MR) is 82.5 cm³/mol. The minimum Gasteiger partial charge on any atom is -0.445 e. The summed E-state index contributed by atoms with van der Waals surface area (Å²) in [5, 5.41) is 22.2. The number of nitrogens with one attached hydrogen (secondary N) is 1. The number of hydrogen-bond acceptors (Lipinski definition) is 5. The first kappa shape index (κ1) is 16.4. The number of ether oxygens (including phenoxy) is 1. The minimum atomic E-state index is -0.585. The van der Waals surface area contributed by atoms with Crippen molar-refractivity contribution in [2.24, 2.45) is 0 Å². The zero-order chi connectivity index (χ0) is 16.7. The first-order valence-corrected chi connectivity index (χ1v) is 6.91. The lowest BCUT2D eigenvalue weighted by Gasteiger charge is -2.08. The SMILES string of the molecule is O=C(NCc1cccc(CO)c1)OCc1ccc([N+](=O)[O-])cc1. The van der Waals surface area contributed by atoms with Crippen LogP contribution in [0.3, 0.4) is 0 Å². The lowest BCUT2D eigenvalue weighted by molar-refractivity contribution is -0.384. The number of benzene rings is 2. The molecule has 0 aromatic heterocycles. The number of nitrogens with zero attached hydrogens (tertiary/aromatic N) is 1. The summed E-state index contributed by atoms with van der Waals surface area (Å²) in [6.07, 6.45) is -0.585. The highest BCUT2D eigenvalue weighted by Crippen LogP contribution is 2.12. The van der Waals surface area contributed by atoms with E-state index in [0.717, 1.165) is 11.1 Å². The van der Waals surface area contributed by atoms with Crippen molar-refractivity contribution in [3.8, 4) is 0 Å². The summed E-state index contributed by atoms with van der Waals surface area (Å²) >= 11 is 0. The van der Waals surface area contributed by atoms with E-state index in [9.17, 15) is 14.9 Å². The lowest BCUT2D eigenvalue weighted by Crippen LogP contribution is -2.23. The second-order valence-corrected chi connectivity index (χ2v) is 4.83. The Hall–Kier alpha value is -2.93. The Morgan fingerprint density at radius 2 is 1.83 bits per heavy atom. The monoisotopic (exact) mass is 316 g/mol. The summed E-state index contributed by atoms with van der Waals surface area (Å²) in [5.41, 5.74) is 2.27. The standard InChI is InChI=1S/C16H16N2O5/c19-10-14-3-1-2-13(8-14)9-17-16(20)23-11-12-4-6-15(7-5-12)18(21)22/h1-8,19H,9-11H2,(H,17,20). The molecule has 7 nitrogen and oxygen atoms in total. The van der Waals surface area contributed by atoms with E-state index in [1.165, 1.54) is 24.3 Å². The molecule has 0 aliphatic carbocycles. The molecule has 0 saturated carbocycles. The molecule has 0 saturated heterocycles. The molecule has 2 aromatic rings. The predicted octanol–water partition coefficient (Wildman–Crippen LogP) is 2.51. The van der Waals surface area contributed by atoms with Crippen molar-refractivity contribution in [2.75, 3.05) is 0 Å². The lowest BCUT2D eigenvalue weighted by atomic mass is 10.1. The van der Waals surface area contributed by atoms with E-state index in [0.29, 0.717) is 5.56 Å². The van der Waals surface area contributed by atoms with Crippen LogP contribution in [0.5, 0.6) is 0 Å². The number of aliphatic hydroxyl groups is 1. The van der Waals surface area contributed by atoms with Crippen LogP contribution in [-0.4, -0.2) is 16.1 Å². The number of alkyl carbamates (subject to hydrolysis) is 1. The Morgan fingerprint density at radius 1 is 1.13 bits per heavy atom. The second-order valence-electron chi connectivity index (χ2n) is 4.83. The third-order valence-electron chi connectivity index (χ3n) is 3.13. The van der Waals surface area contributed by atoms with Crippen LogP contribution in [0.2, 0.25) is 0 Å². The van der Waals surface area contributed by atoms with Crippen LogP contribution in [0.4, 0.5) is 10.5 Å². The zero-order valence-corrected chi connectivity index (χ0v) is 12.3. The summed E-state index contributed by atoms with van der Waals surface area (Å²) in [4.78, 5) is 21.7. The van der Waals surface area contributed by atoms with Crippen molar-refractivity contribution >= 4 is 11.8 Å². The van der Waals surface area contributed by atoms with Crippen molar-refractivity contribution in [1.82, 2.24) is 5.32 Å². The number of rotatable bonds is 6. The van der Waals surface area contributed by atoms with Gasteiger partial charge in [-0.2, -0.15) is 0 Å². The van der Waals surface area contributed by atoms with Crippen LogP contribution in [-0.2, 0) is 24.5 Å². The van der Waals surface area contributed by atoms with Gasteiger partial charge in [-0.25, -0.2) is 4.79 Å². The Balaban J connectivity index is 1.79. The maximum Gasteiger partial charge on any atom is 0.407 e. The van der Waals surface area contributed by atoms with Crippen LogP contribution < -0.4 is 5.32 Å². The molecule has 0 atom stereocenters. The van der Waals surface area contributed by atoms with Gasteiger partial charge in [0.25, 0.3) is 5.69 Å². The Bertz CT molecular complexity index is 685. The molecule has 2 rings (SSSR count). The zero-order valence-electron chi connectivity index (χ0n) is 12.3. The molecule has 0 spiro atoms. The number of carbonyl (C=O) groups excluding carboxylic acids is 1. The van der Waals surface area contributed by atoms with E-state index in [1.54, 1.807) is 18.2 Å². The largest absolute Gasteiger partial charge is 0.445 e. The molecule has 0 bridgehead atoms. The van der Waals surface area contributed by atoms with Gasteiger partial charge < -0.3 is 15.2 Å². The van der Waals surface area contributed by atoms with Gasteiger partial charge in [-0.15, -0.1) is 0 Å². The number of carbonyl (C=O) groups is 1. The summed E-state index contributed by atoms with van der Waals surface area (Å²) in [7, 11) is 0. The van der Waals surface area contributed by atoms with Crippen molar-refractivity contribution < 1.29 is 19.6 Å². The van der Waals surface area contributed by atoms with Gasteiger partial charge in [0.15, 0.2) is 0 Å². The quantitative estimate of drug-likeness (QED) is 0.630. The van der Waals surface area contributed by atoms with E-state index >= 15 is 0 Å². The highest BCUT2D eigenvalue weighted by atomic mass is 16.6. The molecule has 1 amide bonds. The van der Waals surface area contributed by atoms with E-state index in [-0.39, 0.29) is 25.4 Å². The molecule has 7 heteroatoms. The van der Waals surface area contributed by atoms with Crippen LogP contribution in [0, 0.1) is 10.1 Å². The smallest absolute Gasteiger partial charge is 0.407 e. The summed E-state index contributed by atoms with van der Waals surface area (Å²) < 4.78 is 5.04. The molecule has 23 heavy (non-hydrogen) atoms.